The molecule has 3 unspecified atom stereocenters. The van der Waals surface area contributed by atoms with Crippen LogP contribution in [0.1, 0.15) is 46.5 Å². The summed E-state index contributed by atoms with van der Waals surface area (Å²) in [4.78, 5) is 24.7. The van der Waals surface area contributed by atoms with Crippen LogP contribution in [0.25, 0.3) is 0 Å². The summed E-state index contributed by atoms with van der Waals surface area (Å²) in [5, 5.41) is 11.2. The molecule has 0 N–H and O–H groups in total. The van der Waals surface area contributed by atoms with E-state index in [1.165, 1.54) is 4.90 Å². The number of hydrogen-bond donors (Lipinski definition) is 0. The number of amides is 1. The van der Waals surface area contributed by atoms with Crippen LogP contribution in [0.15, 0.2) is 0 Å². The molecule has 18 heavy (non-hydrogen) atoms. The largest absolute Gasteiger partial charge is 0.548 e. The zero-order valence-corrected chi connectivity index (χ0v) is 11.1. The minimum Gasteiger partial charge on any atom is -0.548 e. The Bertz CT molecular complexity index is 360. The minimum atomic E-state index is -1.17. The van der Waals surface area contributed by atoms with Gasteiger partial charge in [-0.05, 0) is 46.0 Å². The fourth-order valence-electron chi connectivity index (χ4n) is 3.08. The molecular weight excluding hydrogens is 234 g/mol. The molecule has 1 aliphatic carbocycles. The van der Waals surface area contributed by atoms with Crippen LogP contribution in [0.3, 0.4) is 0 Å². The third-order valence-electron chi connectivity index (χ3n) is 3.71. The SMILES string of the molecule is CC(C)(C)OC(=O)N1C(C(=O)[O-])CC2CCCC21. The van der Waals surface area contributed by atoms with Crippen LogP contribution in [0.2, 0.25) is 0 Å². The van der Waals surface area contributed by atoms with E-state index in [-0.39, 0.29) is 6.04 Å². The molecule has 0 spiro atoms. The Hall–Kier alpha value is -1.26. The Morgan fingerprint density at radius 2 is 1.94 bits per heavy atom. The fraction of sp³-hybridized carbons (Fsp3) is 0.846. The van der Waals surface area contributed by atoms with E-state index in [9.17, 15) is 14.7 Å². The molecule has 3 atom stereocenters. The van der Waals surface area contributed by atoms with Gasteiger partial charge in [0.1, 0.15) is 5.60 Å². The van der Waals surface area contributed by atoms with Gasteiger partial charge in [0.05, 0.1) is 12.0 Å². The van der Waals surface area contributed by atoms with Crippen LogP contribution >= 0.6 is 0 Å². The van der Waals surface area contributed by atoms with E-state index in [1.807, 2.05) is 0 Å². The summed E-state index contributed by atoms with van der Waals surface area (Å²) in [7, 11) is 0. The van der Waals surface area contributed by atoms with Gasteiger partial charge in [-0.15, -0.1) is 0 Å². The molecule has 2 fully saturated rings. The number of carbonyl (C=O) groups excluding carboxylic acids is 2. The smallest absolute Gasteiger partial charge is 0.411 e. The Balaban J connectivity index is 2.16. The summed E-state index contributed by atoms with van der Waals surface area (Å²) >= 11 is 0. The van der Waals surface area contributed by atoms with Crippen molar-refractivity contribution < 1.29 is 19.4 Å². The fourth-order valence-corrected chi connectivity index (χ4v) is 3.08. The predicted molar refractivity (Wildman–Crippen MR) is 62.6 cm³/mol. The third-order valence-corrected chi connectivity index (χ3v) is 3.71. The van der Waals surface area contributed by atoms with Gasteiger partial charge in [0.15, 0.2) is 0 Å². The summed E-state index contributed by atoms with van der Waals surface area (Å²) < 4.78 is 5.31. The maximum atomic E-state index is 12.1. The lowest BCUT2D eigenvalue weighted by Gasteiger charge is -2.32. The van der Waals surface area contributed by atoms with Crippen molar-refractivity contribution in [3.63, 3.8) is 0 Å². The Morgan fingerprint density at radius 1 is 1.28 bits per heavy atom. The van der Waals surface area contributed by atoms with Crippen molar-refractivity contribution in [2.24, 2.45) is 5.92 Å². The molecule has 0 radical (unpaired) electrons. The lowest BCUT2D eigenvalue weighted by Crippen LogP contribution is -2.51. The van der Waals surface area contributed by atoms with Crippen LogP contribution in [0.4, 0.5) is 4.79 Å². The lowest BCUT2D eigenvalue weighted by atomic mass is 10.0. The van der Waals surface area contributed by atoms with Crippen molar-refractivity contribution in [1.29, 1.82) is 0 Å². The molecule has 0 aromatic carbocycles. The standard InChI is InChI=1S/C13H21NO4/c1-13(2,3)18-12(17)14-9-6-4-5-8(9)7-10(14)11(15)16/h8-10H,4-7H2,1-3H3,(H,15,16)/p-1. The molecular formula is C13H20NO4-. The van der Waals surface area contributed by atoms with E-state index >= 15 is 0 Å². The number of aliphatic carboxylic acids is 1. The van der Waals surface area contributed by atoms with Crippen molar-refractivity contribution in [3.05, 3.63) is 0 Å². The van der Waals surface area contributed by atoms with Gasteiger partial charge in [0, 0.05) is 6.04 Å². The van der Waals surface area contributed by atoms with Crippen molar-refractivity contribution in [1.82, 2.24) is 4.90 Å². The topological polar surface area (TPSA) is 69.7 Å². The highest BCUT2D eigenvalue weighted by atomic mass is 16.6. The molecule has 5 nitrogen and oxygen atoms in total. The zero-order chi connectivity index (χ0) is 13.5. The van der Waals surface area contributed by atoms with Crippen LogP contribution < -0.4 is 5.11 Å². The molecule has 0 aromatic heterocycles. The Labute approximate surface area is 107 Å². The number of rotatable bonds is 1. The third kappa shape index (κ3) is 2.44. The van der Waals surface area contributed by atoms with E-state index in [2.05, 4.69) is 0 Å². The van der Waals surface area contributed by atoms with Crippen LogP contribution in [-0.4, -0.2) is 34.6 Å². The monoisotopic (exact) mass is 254 g/mol. The van der Waals surface area contributed by atoms with Gasteiger partial charge >= 0.3 is 6.09 Å². The normalized spacial score (nSPS) is 31.3. The van der Waals surface area contributed by atoms with Gasteiger partial charge in [-0.2, -0.15) is 0 Å². The van der Waals surface area contributed by atoms with Crippen molar-refractivity contribution in [2.75, 3.05) is 0 Å². The van der Waals surface area contributed by atoms with E-state index in [1.54, 1.807) is 20.8 Å². The molecule has 0 bridgehead atoms. The average molecular weight is 254 g/mol. The minimum absolute atomic E-state index is 0.0164. The quantitative estimate of drug-likeness (QED) is 0.697. The van der Waals surface area contributed by atoms with Crippen LogP contribution in [0, 0.1) is 5.92 Å². The van der Waals surface area contributed by atoms with Crippen molar-refractivity contribution in [3.8, 4) is 0 Å². The average Bonchev–Trinajstić information content (AvgIpc) is 2.70. The Kier molecular flexibility index (Phi) is 3.25. The molecule has 2 rings (SSSR count). The van der Waals surface area contributed by atoms with Crippen LogP contribution in [-0.2, 0) is 9.53 Å². The maximum Gasteiger partial charge on any atom is 0.411 e. The molecule has 1 saturated heterocycles. The van der Waals surface area contributed by atoms with E-state index in [0.29, 0.717) is 12.3 Å². The molecule has 1 amide bonds. The number of carbonyl (C=O) groups is 2. The number of ether oxygens (including phenoxy) is 1. The van der Waals surface area contributed by atoms with E-state index < -0.39 is 23.7 Å². The second kappa shape index (κ2) is 4.44. The summed E-state index contributed by atoms with van der Waals surface area (Å²) in [6, 6.07) is -0.808. The first-order valence-corrected chi connectivity index (χ1v) is 6.52. The first-order valence-electron chi connectivity index (χ1n) is 6.52. The number of nitrogens with zero attached hydrogens (tertiary/aromatic N) is 1. The van der Waals surface area contributed by atoms with E-state index in [0.717, 1.165) is 19.3 Å². The van der Waals surface area contributed by atoms with Gasteiger partial charge in [-0.1, -0.05) is 6.42 Å². The van der Waals surface area contributed by atoms with E-state index in [4.69, 9.17) is 4.74 Å². The molecule has 102 valence electrons. The summed E-state index contributed by atoms with van der Waals surface area (Å²) in [6.07, 6.45) is 2.90. The first-order chi connectivity index (χ1) is 8.29. The number of likely N-dealkylation sites (tertiary alicyclic amines) is 1. The predicted octanol–water partition coefficient (Wildman–Crippen LogP) is 0.914. The molecule has 1 aliphatic heterocycles. The van der Waals surface area contributed by atoms with Crippen molar-refractivity contribution >= 4 is 12.1 Å². The molecule has 2 aliphatic rings. The summed E-state index contributed by atoms with van der Waals surface area (Å²) in [6.45, 7) is 5.34. The molecule has 5 heteroatoms. The molecule has 0 aromatic rings. The van der Waals surface area contributed by atoms with Gasteiger partial charge < -0.3 is 14.6 Å². The van der Waals surface area contributed by atoms with Crippen LogP contribution in [0.5, 0.6) is 0 Å². The zero-order valence-electron chi connectivity index (χ0n) is 11.1. The lowest BCUT2D eigenvalue weighted by molar-refractivity contribution is -0.310. The molecule has 1 saturated carbocycles. The number of carboxylic acid groups (broad SMARTS) is 1. The summed E-state index contributed by atoms with van der Waals surface area (Å²) in [5.41, 5.74) is -0.607. The number of fused-ring (bicyclic) bond motifs is 1. The number of hydrogen-bond acceptors (Lipinski definition) is 4. The molecule has 1 heterocycles. The van der Waals surface area contributed by atoms with Crippen molar-refractivity contribution in [2.45, 2.75) is 64.1 Å². The highest BCUT2D eigenvalue weighted by Crippen LogP contribution is 2.41. The maximum absolute atomic E-state index is 12.1. The van der Waals surface area contributed by atoms with Gasteiger partial charge in [-0.3, -0.25) is 4.90 Å². The number of carboxylic acids is 1. The highest BCUT2D eigenvalue weighted by Gasteiger charge is 2.47. The Morgan fingerprint density at radius 3 is 2.50 bits per heavy atom. The second-order valence-corrected chi connectivity index (χ2v) is 6.22. The van der Waals surface area contributed by atoms with Gasteiger partial charge in [0.2, 0.25) is 0 Å². The summed E-state index contributed by atoms with van der Waals surface area (Å²) in [5.74, 6) is -0.879. The highest BCUT2D eigenvalue weighted by molar-refractivity contribution is 5.80. The van der Waals surface area contributed by atoms with Gasteiger partial charge in [-0.25, -0.2) is 4.79 Å². The van der Waals surface area contributed by atoms with Gasteiger partial charge in [0.25, 0.3) is 0 Å². The second-order valence-electron chi connectivity index (χ2n) is 6.22. The first kappa shape index (κ1) is 13.2.